The van der Waals surface area contributed by atoms with E-state index in [-0.39, 0.29) is 17.5 Å². The molecule has 9 heteroatoms. The number of non-ortho nitro benzene ring substituents is 1. The molecule has 0 radical (unpaired) electrons. The number of benzene rings is 2. The Balaban J connectivity index is 1.83. The van der Waals surface area contributed by atoms with Crippen LogP contribution in [0.15, 0.2) is 42.5 Å². The van der Waals surface area contributed by atoms with Crippen LogP contribution in [0.2, 0.25) is 0 Å². The molecule has 0 aliphatic carbocycles. The fourth-order valence-electron chi connectivity index (χ4n) is 2.80. The number of hydrogen-bond donors (Lipinski definition) is 1. The number of nitrogens with one attached hydrogen (secondary N) is 1. The molecule has 1 atom stereocenters. The molecule has 1 fully saturated rings. The van der Waals surface area contributed by atoms with E-state index in [1.54, 1.807) is 0 Å². The number of halogens is 3. The Kier molecular flexibility index (Phi) is 4.99. The quantitative estimate of drug-likeness (QED) is 0.611. The van der Waals surface area contributed by atoms with Crippen LogP contribution in [0, 0.1) is 10.1 Å². The van der Waals surface area contributed by atoms with Gasteiger partial charge in [0.1, 0.15) is 17.2 Å². The molecule has 138 valence electrons. The van der Waals surface area contributed by atoms with E-state index in [2.05, 4.69) is 10.1 Å². The van der Waals surface area contributed by atoms with Gasteiger partial charge in [-0.25, -0.2) is 0 Å². The Morgan fingerprint density at radius 1 is 1.12 bits per heavy atom. The first-order chi connectivity index (χ1) is 12.3. The van der Waals surface area contributed by atoms with Crippen LogP contribution < -0.4 is 14.8 Å². The maximum absolute atomic E-state index is 12.2. The van der Waals surface area contributed by atoms with Crippen molar-refractivity contribution in [2.24, 2.45) is 0 Å². The standard InChI is InChI=1S/C17H15F3N2O4/c18-17(19,20)26-13-6-4-12(5-7-13)25-16-8-3-11(22(23)24)10-14(16)15-2-1-9-21-15/h3-8,10,15,21H,1-2,9H2. The Morgan fingerprint density at radius 3 is 2.38 bits per heavy atom. The Morgan fingerprint density at radius 2 is 1.81 bits per heavy atom. The third-order valence-corrected chi connectivity index (χ3v) is 3.93. The van der Waals surface area contributed by atoms with Crippen molar-refractivity contribution >= 4 is 5.69 Å². The predicted octanol–water partition coefficient (Wildman–Crippen LogP) is 4.71. The maximum atomic E-state index is 12.2. The van der Waals surface area contributed by atoms with Crippen molar-refractivity contribution in [3.8, 4) is 17.2 Å². The number of nitro groups is 1. The first kappa shape index (κ1) is 18.0. The van der Waals surface area contributed by atoms with Gasteiger partial charge in [0, 0.05) is 23.7 Å². The summed E-state index contributed by atoms with van der Waals surface area (Å²) in [5.41, 5.74) is 0.599. The van der Waals surface area contributed by atoms with E-state index in [9.17, 15) is 23.3 Å². The smallest absolute Gasteiger partial charge is 0.457 e. The average molecular weight is 368 g/mol. The van der Waals surface area contributed by atoms with Gasteiger partial charge in [0.05, 0.1) is 4.92 Å². The second-order valence-corrected chi connectivity index (χ2v) is 5.75. The molecular formula is C17H15F3N2O4. The van der Waals surface area contributed by atoms with Gasteiger partial charge in [-0.2, -0.15) is 0 Å². The summed E-state index contributed by atoms with van der Waals surface area (Å²) < 4.78 is 46.2. The van der Waals surface area contributed by atoms with E-state index in [0.717, 1.165) is 31.5 Å². The topological polar surface area (TPSA) is 73.6 Å². The highest BCUT2D eigenvalue weighted by atomic mass is 19.4. The van der Waals surface area contributed by atoms with E-state index >= 15 is 0 Å². The van der Waals surface area contributed by atoms with Crippen LogP contribution in [0.1, 0.15) is 24.4 Å². The summed E-state index contributed by atoms with van der Waals surface area (Å²) >= 11 is 0. The molecule has 0 bridgehead atoms. The molecule has 0 aromatic heterocycles. The molecule has 0 amide bonds. The molecule has 0 saturated carbocycles. The zero-order valence-electron chi connectivity index (χ0n) is 13.5. The zero-order chi connectivity index (χ0) is 18.7. The highest BCUT2D eigenvalue weighted by Crippen LogP contribution is 2.36. The molecular weight excluding hydrogens is 353 g/mol. The minimum absolute atomic E-state index is 0.0463. The van der Waals surface area contributed by atoms with Crippen LogP contribution in [-0.2, 0) is 0 Å². The van der Waals surface area contributed by atoms with Crippen LogP contribution in [-0.4, -0.2) is 17.8 Å². The molecule has 0 spiro atoms. The number of rotatable bonds is 5. The zero-order valence-corrected chi connectivity index (χ0v) is 13.5. The number of hydrogen-bond acceptors (Lipinski definition) is 5. The Labute approximate surface area is 146 Å². The molecule has 1 heterocycles. The predicted molar refractivity (Wildman–Crippen MR) is 86.3 cm³/mol. The lowest BCUT2D eigenvalue weighted by atomic mass is 10.0. The van der Waals surface area contributed by atoms with Gasteiger partial charge in [0.2, 0.25) is 0 Å². The van der Waals surface area contributed by atoms with Crippen LogP contribution >= 0.6 is 0 Å². The molecule has 2 aromatic rings. The minimum atomic E-state index is -4.76. The van der Waals surface area contributed by atoms with E-state index in [0.29, 0.717) is 17.1 Å². The van der Waals surface area contributed by atoms with Crippen LogP contribution in [0.4, 0.5) is 18.9 Å². The van der Waals surface area contributed by atoms with Crippen molar-refractivity contribution in [2.75, 3.05) is 6.54 Å². The van der Waals surface area contributed by atoms with Gasteiger partial charge < -0.3 is 14.8 Å². The molecule has 6 nitrogen and oxygen atoms in total. The van der Waals surface area contributed by atoms with E-state index in [1.165, 1.54) is 30.3 Å². The normalized spacial score (nSPS) is 17.1. The van der Waals surface area contributed by atoms with Crippen molar-refractivity contribution in [1.29, 1.82) is 0 Å². The van der Waals surface area contributed by atoms with E-state index < -0.39 is 11.3 Å². The molecule has 1 unspecified atom stereocenters. The summed E-state index contributed by atoms with van der Waals surface area (Å²) in [6.07, 6.45) is -3.01. The largest absolute Gasteiger partial charge is 0.573 e. The Hall–Kier alpha value is -2.81. The summed E-state index contributed by atoms with van der Waals surface area (Å²) in [5.74, 6) is 0.360. The van der Waals surface area contributed by atoms with Gasteiger partial charge in [0.15, 0.2) is 0 Å². The lowest BCUT2D eigenvalue weighted by molar-refractivity contribution is -0.385. The third-order valence-electron chi connectivity index (χ3n) is 3.93. The highest BCUT2D eigenvalue weighted by Gasteiger charge is 2.31. The van der Waals surface area contributed by atoms with Gasteiger partial charge in [0.25, 0.3) is 5.69 Å². The van der Waals surface area contributed by atoms with Gasteiger partial charge in [-0.15, -0.1) is 13.2 Å². The van der Waals surface area contributed by atoms with Gasteiger partial charge >= 0.3 is 6.36 Å². The van der Waals surface area contributed by atoms with Gasteiger partial charge in [-0.3, -0.25) is 10.1 Å². The number of ether oxygens (including phenoxy) is 2. The third kappa shape index (κ3) is 4.42. The second-order valence-electron chi connectivity index (χ2n) is 5.75. The molecule has 3 rings (SSSR count). The van der Waals surface area contributed by atoms with E-state index in [1.807, 2.05) is 0 Å². The second kappa shape index (κ2) is 7.20. The maximum Gasteiger partial charge on any atom is 0.573 e. The van der Waals surface area contributed by atoms with Gasteiger partial charge in [-0.1, -0.05) is 0 Å². The molecule has 2 aromatic carbocycles. The SMILES string of the molecule is O=[N+]([O-])c1ccc(Oc2ccc(OC(F)(F)F)cc2)c(C2CCCN2)c1. The highest BCUT2D eigenvalue weighted by molar-refractivity contribution is 5.48. The van der Waals surface area contributed by atoms with Crippen molar-refractivity contribution < 1.29 is 27.6 Å². The monoisotopic (exact) mass is 368 g/mol. The number of alkyl halides is 3. The number of nitrogens with zero attached hydrogens (tertiary/aromatic N) is 1. The summed E-state index contributed by atoms with van der Waals surface area (Å²) in [6.45, 7) is 0.802. The van der Waals surface area contributed by atoms with Crippen LogP contribution in [0.3, 0.4) is 0 Å². The van der Waals surface area contributed by atoms with Gasteiger partial charge in [-0.05, 0) is 49.7 Å². The lowest BCUT2D eigenvalue weighted by Gasteiger charge is -2.16. The first-order valence-corrected chi connectivity index (χ1v) is 7.87. The molecule has 1 aliphatic heterocycles. The number of nitro benzene ring substituents is 1. The van der Waals surface area contributed by atoms with Crippen LogP contribution in [0.5, 0.6) is 17.2 Å². The summed E-state index contributed by atoms with van der Waals surface area (Å²) in [7, 11) is 0. The van der Waals surface area contributed by atoms with Crippen molar-refractivity contribution in [3.05, 3.63) is 58.1 Å². The van der Waals surface area contributed by atoms with Crippen molar-refractivity contribution in [2.45, 2.75) is 25.2 Å². The fraction of sp³-hybridized carbons (Fsp3) is 0.294. The fourth-order valence-corrected chi connectivity index (χ4v) is 2.80. The lowest BCUT2D eigenvalue weighted by Crippen LogP contribution is -2.16. The van der Waals surface area contributed by atoms with Crippen LogP contribution in [0.25, 0.3) is 0 Å². The summed E-state index contributed by atoms with van der Waals surface area (Å²) in [6, 6.07) is 9.17. The molecule has 1 saturated heterocycles. The van der Waals surface area contributed by atoms with Crippen molar-refractivity contribution in [3.63, 3.8) is 0 Å². The Bertz CT molecular complexity index is 788. The minimum Gasteiger partial charge on any atom is -0.457 e. The summed E-state index contributed by atoms with van der Waals surface area (Å²) in [4.78, 5) is 10.5. The van der Waals surface area contributed by atoms with E-state index in [4.69, 9.17) is 4.74 Å². The molecule has 1 N–H and O–H groups in total. The summed E-state index contributed by atoms with van der Waals surface area (Å²) in [5, 5.41) is 14.3. The molecule has 1 aliphatic rings. The van der Waals surface area contributed by atoms with Crippen molar-refractivity contribution in [1.82, 2.24) is 5.32 Å². The molecule has 26 heavy (non-hydrogen) atoms. The average Bonchev–Trinajstić information content (AvgIpc) is 3.10. The first-order valence-electron chi connectivity index (χ1n) is 7.87.